The van der Waals surface area contributed by atoms with E-state index < -0.39 is 6.61 Å². The molecular weight excluding hydrogens is 304 g/mol. The average molecular weight is 327 g/mol. The SMILES string of the molecule is CN=C(NCCc1ccc(OC)c(OC(F)F)c1)NC1CC1C. The van der Waals surface area contributed by atoms with Crippen LogP contribution in [0.4, 0.5) is 8.78 Å². The molecule has 0 aliphatic heterocycles. The van der Waals surface area contributed by atoms with Crippen molar-refractivity contribution in [3.63, 3.8) is 0 Å². The van der Waals surface area contributed by atoms with Gasteiger partial charge in [-0.05, 0) is 36.5 Å². The minimum absolute atomic E-state index is 0.0503. The van der Waals surface area contributed by atoms with Crippen LogP contribution in [0, 0.1) is 5.92 Å². The van der Waals surface area contributed by atoms with Crippen molar-refractivity contribution in [1.82, 2.24) is 10.6 Å². The minimum atomic E-state index is -2.87. The molecule has 1 aliphatic rings. The zero-order valence-corrected chi connectivity index (χ0v) is 13.6. The van der Waals surface area contributed by atoms with Crippen molar-refractivity contribution in [1.29, 1.82) is 0 Å². The van der Waals surface area contributed by atoms with Crippen LogP contribution in [-0.4, -0.2) is 39.3 Å². The number of hydrogen-bond donors (Lipinski definition) is 2. The van der Waals surface area contributed by atoms with Crippen molar-refractivity contribution in [2.75, 3.05) is 20.7 Å². The molecule has 2 unspecified atom stereocenters. The Balaban J connectivity index is 1.87. The first kappa shape index (κ1) is 17.3. The van der Waals surface area contributed by atoms with Crippen LogP contribution < -0.4 is 20.1 Å². The van der Waals surface area contributed by atoms with Gasteiger partial charge in [-0.25, -0.2) is 0 Å². The highest BCUT2D eigenvalue weighted by atomic mass is 19.3. The predicted octanol–water partition coefficient (Wildman–Crippen LogP) is 2.41. The summed E-state index contributed by atoms with van der Waals surface area (Å²) in [5.41, 5.74) is 0.879. The number of rotatable bonds is 7. The Labute approximate surface area is 135 Å². The van der Waals surface area contributed by atoms with Crippen molar-refractivity contribution >= 4 is 5.96 Å². The summed E-state index contributed by atoms with van der Waals surface area (Å²) in [6.45, 7) is -0.0468. The number of hydrogen-bond acceptors (Lipinski definition) is 3. The molecule has 0 saturated heterocycles. The Bertz CT molecular complexity index is 552. The van der Waals surface area contributed by atoms with Gasteiger partial charge >= 0.3 is 6.61 Å². The number of nitrogens with zero attached hydrogens (tertiary/aromatic N) is 1. The summed E-state index contributed by atoms with van der Waals surface area (Å²) in [5, 5.41) is 6.54. The molecule has 128 valence electrons. The number of aliphatic imine (C=N–C) groups is 1. The van der Waals surface area contributed by atoms with Gasteiger partial charge in [0.1, 0.15) is 0 Å². The van der Waals surface area contributed by atoms with Crippen molar-refractivity contribution in [2.45, 2.75) is 32.4 Å². The van der Waals surface area contributed by atoms with Crippen molar-refractivity contribution in [2.24, 2.45) is 10.9 Å². The Morgan fingerprint density at radius 1 is 1.39 bits per heavy atom. The van der Waals surface area contributed by atoms with Gasteiger partial charge in [0.15, 0.2) is 17.5 Å². The molecule has 2 rings (SSSR count). The van der Waals surface area contributed by atoms with Gasteiger partial charge in [-0.15, -0.1) is 0 Å². The topological polar surface area (TPSA) is 54.9 Å². The molecule has 1 saturated carbocycles. The van der Waals surface area contributed by atoms with Crippen LogP contribution in [0.15, 0.2) is 23.2 Å². The van der Waals surface area contributed by atoms with Crippen molar-refractivity contribution in [3.05, 3.63) is 23.8 Å². The summed E-state index contributed by atoms with van der Waals surface area (Å²) in [5.74, 6) is 1.79. The maximum absolute atomic E-state index is 12.4. The van der Waals surface area contributed by atoms with Gasteiger partial charge in [-0.1, -0.05) is 13.0 Å². The number of alkyl halides is 2. The normalized spacial score (nSPS) is 20.3. The molecule has 0 heterocycles. The van der Waals surface area contributed by atoms with E-state index in [0.717, 1.165) is 17.9 Å². The minimum Gasteiger partial charge on any atom is -0.493 e. The third-order valence-corrected chi connectivity index (χ3v) is 3.81. The summed E-state index contributed by atoms with van der Waals surface area (Å²) in [7, 11) is 3.15. The first-order valence-electron chi connectivity index (χ1n) is 7.62. The molecule has 5 nitrogen and oxygen atoms in total. The third kappa shape index (κ3) is 5.26. The maximum Gasteiger partial charge on any atom is 0.387 e. The molecule has 0 spiro atoms. The Morgan fingerprint density at radius 3 is 2.70 bits per heavy atom. The molecule has 1 aromatic carbocycles. The number of methoxy groups -OCH3 is 1. The third-order valence-electron chi connectivity index (χ3n) is 3.81. The summed E-state index contributed by atoms with van der Waals surface area (Å²) < 4.78 is 34.3. The fourth-order valence-electron chi connectivity index (χ4n) is 2.28. The van der Waals surface area contributed by atoms with Crippen molar-refractivity contribution in [3.8, 4) is 11.5 Å². The Kier molecular flexibility index (Phi) is 6.01. The maximum atomic E-state index is 12.4. The van der Waals surface area contributed by atoms with Crippen LogP contribution in [-0.2, 0) is 6.42 Å². The van der Waals surface area contributed by atoms with Gasteiger partial charge in [0.2, 0.25) is 0 Å². The van der Waals surface area contributed by atoms with Gasteiger partial charge in [0.25, 0.3) is 0 Å². The van der Waals surface area contributed by atoms with E-state index >= 15 is 0 Å². The van der Waals surface area contributed by atoms with Crippen molar-refractivity contribution < 1.29 is 18.3 Å². The number of ether oxygens (including phenoxy) is 2. The van der Waals surface area contributed by atoms with Gasteiger partial charge in [0.05, 0.1) is 7.11 Å². The molecule has 2 N–H and O–H groups in total. The van der Waals surface area contributed by atoms with Gasteiger partial charge in [0, 0.05) is 19.6 Å². The highest BCUT2D eigenvalue weighted by Crippen LogP contribution is 2.30. The van der Waals surface area contributed by atoms with E-state index in [-0.39, 0.29) is 5.75 Å². The molecule has 0 amide bonds. The molecule has 1 aromatic rings. The second kappa shape index (κ2) is 7.99. The molecule has 0 aromatic heterocycles. The fourth-order valence-corrected chi connectivity index (χ4v) is 2.28. The number of benzene rings is 1. The summed E-state index contributed by atoms with van der Waals surface area (Å²) >= 11 is 0. The predicted molar refractivity (Wildman–Crippen MR) is 85.4 cm³/mol. The van der Waals surface area contributed by atoms with Crippen LogP contribution in [0.25, 0.3) is 0 Å². The molecule has 0 bridgehead atoms. The van der Waals surface area contributed by atoms with Crippen LogP contribution in [0.2, 0.25) is 0 Å². The monoisotopic (exact) mass is 327 g/mol. The summed E-state index contributed by atoms with van der Waals surface area (Å²) in [6.07, 6.45) is 1.82. The van der Waals surface area contributed by atoms with E-state index in [2.05, 4.69) is 27.3 Å². The van der Waals surface area contributed by atoms with E-state index in [1.165, 1.54) is 7.11 Å². The Morgan fingerprint density at radius 2 is 2.13 bits per heavy atom. The molecular formula is C16H23F2N3O2. The highest BCUT2D eigenvalue weighted by molar-refractivity contribution is 5.80. The van der Waals surface area contributed by atoms with Crippen LogP contribution in [0.3, 0.4) is 0 Å². The molecule has 0 radical (unpaired) electrons. The second-order valence-corrected chi connectivity index (χ2v) is 5.58. The van der Waals surface area contributed by atoms with E-state index in [1.54, 1.807) is 19.2 Å². The number of nitrogens with one attached hydrogen (secondary N) is 2. The molecule has 2 atom stereocenters. The van der Waals surface area contributed by atoms with E-state index in [0.29, 0.717) is 30.7 Å². The second-order valence-electron chi connectivity index (χ2n) is 5.58. The number of halogens is 2. The van der Waals surface area contributed by atoms with Gasteiger partial charge in [-0.2, -0.15) is 8.78 Å². The molecule has 23 heavy (non-hydrogen) atoms. The average Bonchev–Trinajstić information content (AvgIpc) is 3.21. The largest absolute Gasteiger partial charge is 0.493 e. The highest BCUT2D eigenvalue weighted by Gasteiger charge is 2.33. The lowest BCUT2D eigenvalue weighted by Gasteiger charge is -2.13. The molecule has 1 aliphatic carbocycles. The first-order valence-corrected chi connectivity index (χ1v) is 7.62. The lowest BCUT2D eigenvalue weighted by atomic mass is 10.1. The summed E-state index contributed by atoms with van der Waals surface area (Å²) in [4.78, 5) is 4.17. The van der Waals surface area contributed by atoms with E-state index in [1.807, 2.05) is 6.07 Å². The van der Waals surface area contributed by atoms with Gasteiger partial charge < -0.3 is 20.1 Å². The van der Waals surface area contributed by atoms with Crippen LogP contribution in [0.1, 0.15) is 18.9 Å². The first-order chi connectivity index (χ1) is 11.0. The summed E-state index contributed by atoms with van der Waals surface area (Å²) in [6, 6.07) is 5.53. The zero-order chi connectivity index (χ0) is 16.8. The standard InChI is InChI=1S/C16H23F2N3O2/c1-10-8-12(10)21-16(19-2)20-7-6-11-4-5-13(22-3)14(9-11)23-15(17)18/h4-5,9-10,12,15H,6-8H2,1-3H3,(H2,19,20,21). The zero-order valence-electron chi connectivity index (χ0n) is 13.6. The van der Waals surface area contributed by atoms with Gasteiger partial charge in [-0.3, -0.25) is 4.99 Å². The number of guanidine groups is 1. The van der Waals surface area contributed by atoms with Crippen LogP contribution >= 0.6 is 0 Å². The van der Waals surface area contributed by atoms with Crippen LogP contribution in [0.5, 0.6) is 11.5 Å². The van der Waals surface area contributed by atoms with E-state index in [9.17, 15) is 8.78 Å². The molecule has 7 heteroatoms. The smallest absolute Gasteiger partial charge is 0.387 e. The van der Waals surface area contributed by atoms with E-state index in [4.69, 9.17) is 4.74 Å². The Hall–Kier alpha value is -2.05. The lowest BCUT2D eigenvalue weighted by Crippen LogP contribution is -2.39. The lowest BCUT2D eigenvalue weighted by molar-refractivity contribution is -0.0512. The fraction of sp³-hybridized carbons (Fsp3) is 0.562. The molecule has 1 fully saturated rings. The quantitative estimate of drug-likeness (QED) is 0.596.